The molecular formula is C17H35N3O2. The smallest absolute Gasteiger partial charge is 0.237 e. The summed E-state index contributed by atoms with van der Waals surface area (Å²) >= 11 is 0. The van der Waals surface area contributed by atoms with Gasteiger partial charge in [0.2, 0.25) is 11.8 Å². The summed E-state index contributed by atoms with van der Waals surface area (Å²) in [7, 11) is 1.66. The number of hydrogen-bond acceptors (Lipinski definition) is 3. The Kier molecular flexibility index (Phi) is 14.1. The highest BCUT2D eigenvalue weighted by molar-refractivity contribution is 5.87. The number of carbonyl (C=O) groups is 2. The summed E-state index contributed by atoms with van der Waals surface area (Å²) < 4.78 is 0. The summed E-state index contributed by atoms with van der Waals surface area (Å²) in [4.78, 5) is 22.6. The van der Waals surface area contributed by atoms with E-state index in [2.05, 4.69) is 17.6 Å². The van der Waals surface area contributed by atoms with Crippen molar-refractivity contribution < 1.29 is 9.59 Å². The van der Waals surface area contributed by atoms with Crippen LogP contribution in [0.25, 0.3) is 0 Å². The first-order valence-electron chi connectivity index (χ1n) is 8.85. The molecule has 0 bridgehead atoms. The maximum Gasteiger partial charge on any atom is 0.237 e. The lowest BCUT2D eigenvalue weighted by molar-refractivity contribution is -0.127. The minimum Gasteiger partial charge on any atom is -0.370 e. The zero-order chi connectivity index (χ0) is 16.6. The van der Waals surface area contributed by atoms with Crippen LogP contribution in [0.15, 0.2) is 0 Å². The third kappa shape index (κ3) is 12.6. The maximum absolute atomic E-state index is 11.8. The predicted molar refractivity (Wildman–Crippen MR) is 91.5 cm³/mol. The molecule has 4 N–H and O–H groups in total. The van der Waals surface area contributed by atoms with Crippen LogP contribution < -0.4 is 16.4 Å². The van der Waals surface area contributed by atoms with Gasteiger partial charge in [0, 0.05) is 6.54 Å². The van der Waals surface area contributed by atoms with Gasteiger partial charge in [-0.3, -0.25) is 9.59 Å². The number of nitrogens with two attached hydrogens (primary N) is 1. The highest BCUT2D eigenvalue weighted by Gasteiger charge is 2.17. The van der Waals surface area contributed by atoms with Crippen LogP contribution in [0, 0.1) is 0 Å². The fraction of sp³-hybridized carbons (Fsp3) is 0.882. The Morgan fingerprint density at radius 2 is 1.41 bits per heavy atom. The highest BCUT2D eigenvalue weighted by Crippen LogP contribution is 2.10. The van der Waals surface area contributed by atoms with Crippen molar-refractivity contribution in [3.8, 4) is 0 Å². The van der Waals surface area contributed by atoms with Crippen LogP contribution in [0.1, 0.15) is 77.6 Å². The minimum absolute atomic E-state index is 0.0420. The SMILES string of the molecule is CCCCCCCCCCCCNC(=O)[C@@H](CC(N)=O)NC. The van der Waals surface area contributed by atoms with E-state index in [1.54, 1.807) is 7.05 Å². The van der Waals surface area contributed by atoms with Crippen molar-refractivity contribution >= 4 is 11.8 Å². The molecule has 0 saturated carbocycles. The Bertz CT molecular complexity index is 296. The fourth-order valence-electron chi connectivity index (χ4n) is 2.47. The van der Waals surface area contributed by atoms with Crippen molar-refractivity contribution in [2.24, 2.45) is 5.73 Å². The number of amides is 2. The van der Waals surface area contributed by atoms with Gasteiger partial charge in [-0.2, -0.15) is 0 Å². The van der Waals surface area contributed by atoms with Gasteiger partial charge in [0.25, 0.3) is 0 Å². The van der Waals surface area contributed by atoms with E-state index in [-0.39, 0.29) is 12.3 Å². The molecule has 2 amide bonds. The average molecular weight is 313 g/mol. The zero-order valence-corrected chi connectivity index (χ0v) is 14.5. The molecule has 0 aliphatic heterocycles. The summed E-state index contributed by atoms with van der Waals surface area (Å²) in [5.74, 6) is -0.606. The van der Waals surface area contributed by atoms with Crippen molar-refractivity contribution in [3.05, 3.63) is 0 Å². The van der Waals surface area contributed by atoms with Crippen molar-refractivity contribution in [1.29, 1.82) is 0 Å². The third-order valence-electron chi connectivity index (χ3n) is 3.90. The van der Waals surface area contributed by atoms with Crippen LogP contribution in [-0.2, 0) is 9.59 Å². The second kappa shape index (κ2) is 14.8. The Morgan fingerprint density at radius 3 is 1.86 bits per heavy atom. The molecule has 0 aliphatic carbocycles. The lowest BCUT2D eigenvalue weighted by Gasteiger charge is -2.14. The van der Waals surface area contributed by atoms with E-state index in [1.807, 2.05) is 0 Å². The van der Waals surface area contributed by atoms with E-state index in [0.29, 0.717) is 6.54 Å². The van der Waals surface area contributed by atoms with Gasteiger partial charge in [0.1, 0.15) is 0 Å². The largest absolute Gasteiger partial charge is 0.370 e. The Balaban J connectivity index is 3.41. The normalized spacial score (nSPS) is 12.1. The van der Waals surface area contributed by atoms with E-state index in [1.165, 1.54) is 51.4 Å². The van der Waals surface area contributed by atoms with Crippen molar-refractivity contribution in [2.75, 3.05) is 13.6 Å². The van der Waals surface area contributed by atoms with E-state index >= 15 is 0 Å². The third-order valence-corrected chi connectivity index (χ3v) is 3.90. The number of unbranched alkanes of at least 4 members (excludes halogenated alkanes) is 9. The Morgan fingerprint density at radius 1 is 0.909 bits per heavy atom. The molecule has 0 unspecified atom stereocenters. The van der Waals surface area contributed by atoms with Crippen molar-refractivity contribution in [3.63, 3.8) is 0 Å². The molecule has 5 nitrogen and oxygen atoms in total. The first kappa shape index (κ1) is 20.9. The molecule has 0 aromatic rings. The Hall–Kier alpha value is -1.10. The van der Waals surface area contributed by atoms with Crippen LogP contribution in [0.5, 0.6) is 0 Å². The van der Waals surface area contributed by atoms with E-state index in [0.717, 1.165) is 12.8 Å². The quantitative estimate of drug-likeness (QED) is 0.406. The number of carbonyl (C=O) groups excluding carboxylic acids is 2. The molecule has 0 aromatic heterocycles. The first-order valence-corrected chi connectivity index (χ1v) is 8.85. The van der Waals surface area contributed by atoms with Crippen molar-refractivity contribution in [2.45, 2.75) is 83.6 Å². The molecule has 0 rings (SSSR count). The number of primary amides is 1. The molecule has 0 spiro atoms. The zero-order valence-electron chi connectivity index (χ0n) is 14.5. The van der Waals surface area contributed by atoms with Crippen molar-refractivity contribution in [1.82, 2.24) is 10.6 Å². The molecule has 0 radical (unpaired) electrons. The number of rotatable bonds is 15. The number of likely N-dealkylation sites (N-methyl/N-ethyl adjacent to an activating group) is 1. The molecular weight excluding hydrogens is 278 g/mol. The molecule has 5 heteroatoms. The minimum atomic E-state index is -0.513. The summed E-state index contributed by atoms with van der Waals surface area (Å²) in [5.41, 5.74) is 5.11. The maximum atomic E-state index is 11.8. The molecule has 0 saturated heterocycles. The first-order chi connectivity index (χ1) is 10.6. The number of nitrogens with one attached hydrogen (secondary N) is 2. The summed E-state index contributed by atoms with van der Waals surface area (Å²) in [5, 5.41) is 5.67. The van der Waals surface area contributed by atoms with E-state index in [4.69, 9.17) is 5.73 Å². The van der Waals surface area contributed by atoms with Crippen LogP contribution in [-0.4, -0.2) is 31.4 Å². The van der Waals surface area contributed by atoms with Gasteiger partial charge in [0.15, 0.2) is 0 Å². The summed E-state index contributed by atoms with van der Waals surface area (Å²) in [6.07, 6.45) is 12.8. The topological polar surface area (TPSA) is 84.2 Å². The van der Waals surface area contributed by atoms with E-state index in [9.17, 15) is 9.59 Å². The van der Waals surface area contributed by atoms with Crippen LogP contribution in [0.4, 0.5) is 0 Å². The molecule has 22 heavy (non-hydrogen) atoms. The van der Waals surface area contributed by atoms with Crippen LogP contribution in [0.2, 0.25) is 0 Å². The number of hydrogen-bond donors (Lipinski definition) is 3. The predicted octanol–water partition coefficient (Wildman–Crippen LogP) is 2.49. The molecule has 0 aliphatic rings. The molecule has 0 heterocycles. The second-order valence-corrected chi connectivity index (χ2v) is 5.98. The molecule has 130 valence electrons. The van der Waals surface area contributed by atoms with Gasteiger partial charge in [0.05, 0.1) is 12.5 Å². The molecule has 1 atom stereocenters. The standard InChI is InChI=1S/C17H35N3O2/c1-3-4-5-6-7-8-9-10-11-12-13-20-17(22)15(19-2)14-16(18)21/h15,19H,3-14H2,1-2H3,(H2,18,21)(H,20,22)/t15-/m1/s1. The van der Waals surface area contributed by atoms with Gasteiger partial charge in [-0.25, -0.2) is 0 Å². The highest BCUT2D eigenvalue weighted by atomic mass is 16.2. The van der Waals surface area contributed by atoms with Gasteiger partial charge >= 0.3 is 0 Å². The monoisotopic (exact) mass is 313 g/mol. The summed E-state index contributed by atoms with van der Waals surface area (Å²) in [6, 6.07) is -0.513. The second-order valence-electron chi connectivity index (χ2n) is 5.98. The van der Waals surface area contributed by atoms with Gasteiger partial charge in [-0.1, -0.05) is 64.7 Å². The van der Waals surface area contributed by atoms with Gasteiger partial charge in [-0.15, -0.1) is 0 Å². The fourth-order valence-corrected chi connectivity index (χ4v) is 2.47. The van der Waals surface area contributed by atoms with Gasteiger partial charge < -0.3 is 16.4 Å². The lowest BCUT2D eigenvalue weighted by Crippen LogP contribution is -2.45. The van der Waals surface area contributed by atoms with Gasteiger partial charge in [-0.05, 0) is 13.5 Å². The lowest BCUT2D eigenvalue weighted by atomic mass is 10.1. The summed E-state index contributed by atoms with van der Waals surface area (Å²) in [6.45, 7) is 2.91. The molecule has 0 aromatic carbocycles. The average Bonchev–Trinajstić information content (AvgIpc) is 2.49. The van der Waals surface area contributed by atoms with E-state index < -0.39 is 11.9 Å². The van der Waals surface area contributed by atoms with Crippen LogP contribution >= 0.6 is 0 Å². The molecule has 0 fully saturated rings. The van der Waals surface area contributed by atoms with Crippen LogP contribution in [0.3, 0.4) is 0 Å². The Labute approximate surface area is 135 Å².